The number of hydrogen-bond donors (Lipinski definition) is 1. The molecule has 1 aliphatic rings. The fourth-order valence-corrected chi connectivity index (χ4v) is 1.16. The minimum atomic E-state index is -0.992. The van der Waals surface area contributed by atoms with E-state index in [2.05, 4.69) is 0 Å². The lowest BCUT2D eigenvalue weighted by Gasteiger charge is -2.28. The molecule has 0 aromatic rings. The highest BCUT2D eigenvalue weighted by Gasteiger charge is 2.24. The molecule has 0 amide bonds. The quantitative estimate of drug-likeness (QED) is 0.478. The van der Waals surface area contributed by atoms with Gasteiger partial charge in [0.2, 0.25) is 0 Å². The molecule has 0 aromatic heterocycles. The van der Waals surface area contributed by atoms with Crippen molar-refractivity contribution in [3.8, 4) is 0 Å². The van der Waals surface area contributed by atoms with Crippen LogP contribution in [0.25, 0.3) is 0 Å². The molecule has 1 N–H and O–H groups in total. The SMILES string of the molecule is O=C(O)C(Cl)N1CCOCC1. The van der Waals surface area contributed by atoms with Gasteiger partial charge in [-0.05, 0) is 0 Å². The Hall–Kier alpha value is -0.320. The first-order valence-electron chi connectivity index (χ1n) is 3.40. The van der Waals surface area contributed by atoms with Crippen molar-refractivity contribution in [3.05, 3.63) is 0 Å². The standard InChI is InChI=1S/C6H10ClNO3/c7-5(6(9)10)8-1-3-11-4-2-8/h5H,1-4H2,(H,9,10). The van der Waals surface area contributed by atoms with Crippen LogP contribution in [0.2, 0.25) is 0 Å². The summed E-state index contributed by atoms with van der Waals surface area (Å²) < 4.78 is 5.04. The lowest BCUT2D eigenvalue weighted by atomic mass is 10.4. The highest BCUT2D eigenvalue weighted by atomic mass is 35.5. The Kier molecular flexibility index (Phi) is 3.11. The van der Waals surface area contributed by atoms with Crippen molar-refractivity contribution in [2.24, 2.45) is 0 Å². The van der Waals surface area contributed by atoms with E-state index >= 15 is 0 Å². The van der Waals surface area contributed by atoms with Gasteiger partial charge in [0.15, 0.2) is 5.50 Å². The molecular weight excluding hydrogens is 170 g/mol. The van der Waals surface area contributed by atoms with E-state index in [1.54, 1.807) is 4.90 Å². The summed E-state index contributed by atoms with van der Waals surface area (Å²) in [5, 5.41) is 8.52. The maximum atomic E-state index is 10.4. The minimum Gasteiger partial charge on any atom is -0.479 e. The molecule has 0 saturated carbocycles. The van der Waals surface area contributed by atoms with Crippen LogP contribution in [0.1, 0.15) is 0 Å². The number of halogens is 1. The molecule has 1 aliphatic heterocycles. The number of carboxylic acid groups (broad SMARTS) is 1. The summed E-state index contributed by atoms with van der Waals surface area (Å²) in [4.78, 5) is 12.1. The second kappa shape index (κ2) is 3.90. The van der Waals surface area contributed by atoms with E-state index in [4.69, 9.17) is 21.4 Å². The Bertz CT molecular complexity index is 147. The molecule has 1 fully saturated rings. The van der Waals surface area contributed by atoms with Crippen LogP contribution in [0, 0.1) is 0 Å². The van der Waals surface area contributed by atoms with Crippen molar-refractivity contribution in [1.82, 2.24) is 4.90 Å². The monoisotopic (exact) mass is 179 g/mol. The van der Waals surface area contributed by atoms with E-state index in [1.807, 2.05) is 0 Å². The lowest BCUT2D eigenvalue weighted by Crippen LogP contribution is -2.44. The molecule has 11 heavy (non-hydrogen) atoms. The van der Waals surface area contributed by atoms with Crippen LogP contribution in [-0.4, -0.2) is 47.8 Å². The number of carbonyl (C=O) groups is 1. The normalized spacial score (nSPS) is 23.0. The lowest BCUT2D eigenvalue weighted by molar-refractivity contribution is -0.141. The predicted molar refractivity (Wildman–Crippen MR) is 39.7 cm³/mol. The molecule has 1 atom stereocenters. The molecule has 5 heteroatoms. The molecule has 0 aliphatic carbocycles. The van der Waals surface area contributed by atoms with Crippen LogP contribution in [0.15, 0.2) is 0 Å². The molecule has 1 heterocycles. The number of hydrogen-bond acceptors (Lipinski definition) is 3. The molecule has 64 valence electrons. The van der Waals surface area contributed by atoms with Crippen molar-refractivity contribution >= 4 is 17.6 Å². The van der Waals surface area contributed by atoms with Crippen LogP contribution in [-0.2, 0) is 9.53 Å². The minimum absolute atomic E-state index is 0.566. The number of rotatable bonds is 2. The highest BCUT2D eigenvalue weighted by Crippen LogP contribution is 2.07. The zero-order chi connectivity index (χ0) is 8.27. The fraction of sp³-hybridized carbons (Fsp3) is 0.833. The Morgan fingerprint density at radius 2 is 2.09 bits per heavy atom. The van der Waals surface area contributed by atoms with Gasteiger partial charge in [-0.2, -0.15) is 0 Å². The highest BCUT2D eigenvalue weighted by molar-refractivity contribution is 6.29. The molecule has 1 rings (SSSR count). The summed E-state index contributed by atoms with van der Waals surface area (Å²) in [7, 11) is 0. The third-order valence-corrected chi connectivity index (χ3v) is 2.03. The van der Waals surface area contributed by atoms with Crippen molar-refractivity contribution in [1.29, 1.82) is 0 Å². The predicted octanol–water partition coefficient (Wildman–Crippen LogP) is -0.0319. The first-order chi connectivity index (χ1) is 5.22. The Morgan fingerprint density at radius 3 is 2.55 bits per heavy atom. The molecular formula is C6H10ClNO3. The smallest absolute Gasteiger partial charge is 0.336 e. The maximum absolute atomic E-state index is 10.4. The second-order valence-corrected chi connectivity index (χ2v) is 2.74. The van der Waals surface area contributed by atoms with Gasteiger partial charge in [0, 0.05) is 13.1 Å². The fourth-order valence-electron chi connectivity index (χ4n) is 0.960. The number of nitrogens with zero attached hydrogens (tertiary/aromatic N) is 1. The molecule has 0 spiro atoms. The van der Waals surface area contributed by atoms with E-state index in [-0.39, 0.29) is 0 Å². The van der Waals surface area contributed by atoms with Crippen LogP contribution in [0.3, 0.4) is 0 Å². The van der Waals surface area contributed by atoms with E-state index < -0.39 is 11.5 Å². The van der Waals surface area contributed by atoms with Gasteiger partial charge < -0.3 is 9.84 Å². The third-order valence-electron chi connectivity index (χ3n) is 1.57. The molecule has 0 aromatic carbocycles. The summed E-state index contributed by atoms with van der Waals surface area (Å²) in [6, 6.07) is 0. The van der Waals surface area contributed by atoms with Gasteiger partial charge in [-0.25, -0.2) is 4.79 Å². The van der Waals surface area contributed by atoms with Crippen molar-refractivity contribution in [2.45, 2.75) is 5.50 Å². The van der Waals surface area contributed by atoms with E-state index in [9.17, 15) is 4.79 Å². The number of aliphatic carboxylic acids is 1. The van der Waals surface area contributed by atoms with E-state index in [0.717, 1.165) is 0 Å². The van der Waals surface area contributed by atoms with Crippen LogP contribution < -0.4 is 0 Å². The van der Waals surface area contributed by atoms with Gasteiger partial charge in [0.05, 0.1) is 13.2 Å². The number of ether oxygens (including phenoxy) is 1. The molecule has 0 radical (unpaired) electrons. The van der Waals surface area contributed by atoms with Crippen LogP contribution in [0.5, 0.6) is 0 Å². The Labute approximate surface area is 69.7 Å². The van der Waals surface area contributed by atoms with Gasteiger partial charge in [-0.3, -0.25) is 4.90 Å². The largest absolute Gasteiger partial charge is 0.479 e. The van der Waals surface area contributed by atoms with Gasteiger partial charge in [0.25, 0.3) is 0 Å². The Morgan fingerprint density at radius 1 is 1.55 bits per heavy atom. The van der Waals surface area contributed by atoms with Crippen molar-refractivity contribution in [2.75, 3.05) is 26.3 Å². The van der Waals surface area contributed by atoms with Crippen LogP contribution in [0.4, 0.5) is 0 Å². The molecule has 1 saturated heterocycles. The van der Waals surface area contributed by atoms with Crippen molar-refractivity contribution in [3.63, 3.8) is 0 Å². The molecule has 4 nitrogen and oxygen atoms in total. The second-order valence-electron chi connectivity index (χ2n) is 2.32. The maximum Gasteiger partial charge on any atom is 0.336 e. The summed E-state index contributed by atoms with van der Waals surface area (Å²) in [6.07, 6.45) is 0. The summed E-state index contributed by atoms with van der Waals surface area (Å²) in [5.41, 5.74) is -0.904. The van der Waals surface area contributed by atoms with Crippen molar-refractivity contribution < 1.29 is 14.6 Å². The topological polar surface area (TPSA) is 49.8 Å². The van der Waals surface area contributed by atoms with E-state index in [0.29, 0.717) is 26.3 Å². The van der Waals surface area contributed by atoms with Gasteiger partial charge >= 0.3 is 5.97 Å². The Balaban J connectivity index is 2.38. The zero-order valence-corrected chi connectivity index (χ0v) is 6.75. The number of alkyl halides is 1. The summed E-state index contributed by atoms with van der Waals surface area (Å²) in [5.74, 6) is -0.992. The first-order valence-corrected chi connectivity index (χ1v) is 3.84. The average Bonchev–Trinajstić information content (AvgIpc) is 2.05. The van der Waals surface area contributed by atoms with Crippen LogP contribution >= 0.6 is 11.6 Å². The van der Waals surface area contributed by atoms with E-state index in [1.165, 1.54) is 0 Å². The number of morpholine rings is 1. The summed E-state index contributed by atoms with van der Waals surface area (Å²) in [6.45, 7) is 2.33. The molecule has 0 bridgehead atoms. The molecule has 1 unspecified atom stereocenters. The average molecular weight is 180 g/mol. The third kappa shape index (κ3) is 2.32. The van der Waals surface area contributed by atoms with Gasteiger partial charge in [0.1, 0.15) is 0 Å². The van der Waals surface area contributed by atoms with Gasteiger partial charge in [-0.1, -0.05) is 11.6 Å². The summed E-state index contributed by atoms with van der Waals surface area (Å²) >= 11 is 5.57. The van der Waals surface area contributed by atoms with Gasteiger partial charge in [-0.15, -0.1) is 0 Å². The number of carboxylic acids is 1. The zero-order valence-electron chi connectivity index (χ0n) is 5.99. The first kappa shape index (κ1) is 8.77.